The third-order valence-corrected chi connectivity index (χ3v) is 4.18. The van der Waals surface area contributed by atoms with Crippen LogP contribution in [-0.2, 0) is 11.8 Å². The van der Waals surface area contributed by atoms with Crippen molar-refractivity contribution >= 4 is 16.7 Å². The molecule has 0 saturated heterocycles. The van der Waals surface area contributed by atoms with Crippen molar-refractivity contribution in [2.24, 2.45) is 13.0 Å². The lowest BCUT2D eigenvalue weighted by Gasteiger charge is -2.02. The van der Waals surface area contributed by atoms with Crippen molar-refractivity contribution in [2.45, 2.75) is 25.7 Å². The van der Waals surface area contributed by atoms with Crippen LogP contribution in [0.5, 0.6) is 5.75 Å². The fourth-order valence-electron chi connectivity index (χ4n) is 2.98. The van der Waals surface area contributed by atoms with Gasteiger partial charge in [0.1, 0.15) is 11.5 Å². The van der Waals surface area contributed by atoms with E-state index in [9.17, 15) is 4.79 Å². The van der Waals surface area contributed by atoms with Crippen LogP contribution in [0.3, 0.4) is 0 Å². The Morgan fingerprint density at radius 2 is 2.26 bits per heavy atom. The lowest BCUT2D eigenvalue weighted by molar-refractivity contribution is -0.120. The SMILES string of the molecule is CCC(=O)C1CC1c1cn(C)c2ccc(OC)cc12. The molecule has 1 aromatic carbocycles. The van der Waals surface area contributed by atoms with Crippen LogP contribution in [0.1, 0.15) is 31.2 Å². The maximum absolute atomic E-state index is 11.8. The first-order chi connectivity index (χ1) is 9.15. The quantitative estimate of drug-likeness (QED) is 0.841. The molecule has 2 atom stereocenters. The van der Waals surface area contributed by atoms with Gasteiger partial charge in [-0.3, -0.25) is 4.79 Å². The fraction of sp³-hybridized carbons (Fsp3) is 0.438. The second-order valence-corrected chi connectivity index (χ2v) is 5.35. The van der Waals surface area contributed by atoms with Gasteiger partial charge in [-0.25, -0.2) is 0 Å². The zero-order chi connectivity index (χ0) is 13.6. The van der Waals surface area contributed by atoms with Crippen LogP contribution in [0.2, 0.25) is 0 Å². The summed E-state index contributed by atoms with van der Waals surface area (Å²) in [5, 5.41) is 1.22. The summed E-state index contributed by atoms with van der Waals surface area (Å²) in [6.45, 7) is 1.95. The molecule has 0 N–H and O–H groups in total. The van der Waals surface area contributed by atoms with Crippen LogP contribution in [0.15, 0.2) is 24.4 Å². The summed E-state index contributed by atoms with van der Waals surface area (Å²) in [6, 6.07) is 6.14. The zero-order valence-corrected chi connectivity index (χ0v) is 11.6. The van der Waals surface area contributed by atoms with Crippen molar-refractivity contribution in [3.63, 3.8) is 0 Å². The highest BCUT2D eigenvalue weighted by atomic mass is 16.5. The molecule has 1 fully saturated rings. The van der Waals surface area contributed by atoms with Crippen molar-refractivity contribution in [3.05, 3.63) is 30.0 Å². The van der Waals surface area contributed by atoms with E-state index in [-0.39, 0.29) is 5.92 Å². The zero-order valence-electron chi connectivity index (χ0n) is 11.6. The number of carbonyl (C=O) groups excluding carboxylic acids is 1. The van der Waals surface area contributed by atoms with E-state index in [0.717, 1.165) is 12.2 Å². The summed E-state index contributed by atoms with van der Waals surface area (Å²) in [4.78, 5) is 11.8. The average molecular weight is 257 g/mol. The number of aromatic nitrogens is 1. The number of nitrogens with zero attached hydrogens (tertiary/aromatic N) is 1. The van der Waals surface area contributed by atoms with E-state index in [0.29, 0.717) is 18.1 Å². The fourth-order valence-corrected chi connectivity index (χ4v) is 2.98. The Morgan fingerprint density at radius 3 is 2.95 bits per heavy atom. The number of hydrogen-bond acceptors (Lipinski definition) is 2. The lowest BCUT2D eigenvalue weighted by atomic mass is 10.1. The maximum Gasteiger partial charge on any atom is 0.136 e. The van der Waals surface area contributed by atoms with Crippen LogP contribution in [0.4, 0.5) is 0 Å². The normalized spacial score (nSPS) is 21.6. The highest BCUT2D eigenvalue weighted by molar-refractivity contribution is 5.90. The predicted octanol–water partition coefficient (Wildman–Crippen LogP) is 3.27. The third kappa shape index (κ3) is 1.93. The Kier molecular flexibility index (Phi) is 2.85. The van der Waals surface area contributed by atoms with Crippen molar-refractivity contribution in [1.29, 1.82) is 0 Å². The first kappa shape index (κ1) is 12.3. The number of aryl methyl sites for hydroxylation is 1. The van der Waals surface area contributed by atoms with Gasteiger partial charge in [0.25, 0.3) is 0 Å². The number of ether oxygens (including phenoxy) is 1. The standard InChI is InChI=1S/C16H19NO2/c1-4-16(18)13-8-11(13)14-9-17(2)15-6-5-10(19-3)7-12(14)15/h5-7,9,11,13H,4,8H2,1-3H3. The number of carbonyl (C=O) groups is 1. The van der Waals surface area contributed by atoms with Gasteiger partial charge in [-0.05, 0) is 36.1 Å². The van der Waals surface area contributed by atoms with Gasteiger partial charge in [0, 0.05) is 36.5 Å². The number of methoxy groups -OCH3 is 1. The molecule has 2 aromatic rings. The molecule has 1 aromatic heterocycles. The second kappa shape index (κ2) is 4.41. The van der Waals surface area contributed by atoms with Crippen molar-refractivity contribution in [1.82, 2.24) is 4.57 Å². The first-order valence-electron chi connectivity index (χ1n) is 6.81. The molecule has 0 radical (unpaired) electrons. The first-order valence-corrected chi connectivity index (χ1v) is 6.81. The molecule has 1 heterocycles. The van der Waals surface area contributed by atoms with Gasteiger partial charge in [-0.15, -0.1) is 0 Å². The molecule has 100 valence electrons. The van der Waals surface area contributed by atoms with Crippen LogP contribution in [0, 0.1) is 5.92 Å². The van der Waals surface area contributed by atoms with E-state index in [1.807, 2.05) is 13.0 Å². The largest absolute Gasteiger partial charge is 0.497 e. The van der Waals surface area contributed by atoms with Gasteiger partial charge >= 0.3 is 0 Å². The third-order valence-electron chi connectivity index (χ3n) is 4.18. The number of ketones is 1. The van der Waals surface area contributed by atoms with E-state index in [1.165, 1.54) is 16.5 Å². The van der Waals surface area contributed by atoms with Crippen LogP contribution >= 0.6 is 0 Å². The Bertz CT molecular complexity index is 641. The average Bonchev–Trinajstić information content (AvgIpc) is 3.17. The lowest BCUT2D eigenvalue weighted by Crippen LogP contribution is -1.99. The van der Waals surface area contributed by atoms with E-state index >= 15 is 0 Å². The number of benzene rings is 1. The minimum absolute atomic E-state index is 0.238. The monoisotopic (exact) mass is 257 g/mol. The summed E-state index contributed by atoms with van der Waals surface area (Å²) in [5.41, 5.74) is 2.49. The number of fused-ring (bicyclic) bond motifs is 1. The molecule has 19 heavy (non-hydrogen) atoms. The molecule has 0 amide bonds. The molecule has 0 bridgehead atoms. The van der Waals surface area contributed by atoms with Gasteiger partial charge in [-0.1, -0.05) is 6.92 Å². The molecule has 1 aliphatic rings. The predicted molar refractivity (Wildman–Crippen MR) is 75.6 cm³/mol. The molecule has 3 rings (SSSR count). The van der Waals surface area contributed by atoms with Crippen molar-refractivity contribution < 1.29 is 9.53 Å². The molecule has 0 spiro atoms. The van der Waals surface area contributed by atoms with Crippen molar-refractivity contribution in [3.8, 4) is 5.75 Å². The Morgan fingerprint density at radius 1 is 1.47 bits per heavy atom. The van der Waals surface area contributed by atoms with Gasteiger partial charge in [-0.2, -0.15) is 0 Å². The van der Waals surface area contributed by atoms with Crippen LogP contribution < -0.4 is 4.74 Å². The van der Waals surface area contributed by atoms with Crippen molar-refractivity contribution in [2.75, 3.05) is 7.11 Å². The summed E-state index contributed by atoms with van der Waals surface area (Å²) in [7, 11) is 3.74. The Labute approximate surface area is 113 Å². The number of hydrogen-bond donors (Lipinski definition) is 0. The van der Waals surface area contributed by atoms with E-state index < -0.39 is 0 Å². The summed E-state index contributed by atoms with van der Waals surface area (Å²) in [6.07, 6.45) is 3.82. The Balaban J connectivity index is 2.02. The summed E-state index contributed by atoms with van der Waals surface area (Å²) >= 11 is 0. The Hall–Kier alpha value is -1.77. The van der Waals surface area contributed by atoms with Gasteiger partial charge in [0.2, 0.25) is 0 Å². The van der Waals surface area contributed by atoms with Crippen LogP contribution in [-0.4, -0.2) is 17.5 Å². The van der Waals surface area contributed by atoms with E-state index in [2.05, 4.69) is 29.9 Å². The van der Waals surface area contributed by atoms with Gasteiger partial charge < -0.3 is 9.30 Å². The molecule has 1 aliphatic carbocycles. The minimum Gasteiger partial charge on any atom is -0.497 e. The number of rotatable bonds is 4. The molecule has 2 unspecified atom stereocenters. The number of Topliss-reactive ketones (excluding diaryl/α,β-unsaturated/α-hetero) is 1. The highest BCUT2D eigenvalue weighted by Gasteiger charge is 2.43. The topological polar surface area (TPSA) is 31.2 Å². The van der Waals surface area contributed by atoms with Gasteiger partial charge in [0.05, 0.1) is 7.11 Å². The molecular weight excluding hydrogens is 238 g/mol. The molecule has 1 saturated carbocycles. The summed E-state index contributed by atoms with van der Waals surface area (Å²) in [5.74, 6) is 1.91. The summed E-state index contributed by atoms with van der Waals surface area (Å²) < 4.78 is 7.44. The van der Waals surface area contributed by atoms with E-state index in [1.54, 1.807) is 7.11 Å². The molecule has 3 nitrogen and oxygen atoms in total. The minimum atomic E-state index is 0.238. The molecular formula is C16H19NO2. The smallest absolute Gasteiger partial charge is 0.136 e. The van der Waals surface area contributed by atoms with Gasteiger partial charge in [0.15, 0.2) is 0 Å². The maximum atomic E-state index is 11.8. The second-order valence-electron chi connectivity index (χ2n) is 5.35. The van der Waals surface area contributed by atoms with Crippen LogP contribution in [0.25, 0.3) is 10.9 Å². The molecule has 3 heteroatoms. The van der Waals surface area contributed by atoms with E-state index in [4.69, 9.17) is 4.74 Å². The molecule has 0 aliphatic heterocycles. The highest BCUT2D eigenvalue weighted by Crippen LogP contribution is 2.51.